The van der Waals surface area contributed by atoms with E-state index in [-0.39, 0.29) is 5.56 Å². The zero-order valence-electron chi connectivity index (χ0n) is 11.0. The number of rotatable bonds is 2. The quantitative estimate of drug-likeness (QED) is 0.669. The van der Waals surface area contributed by atoms with Gasteiger partial charge in [-0.15, -0.1) is 12.6 Å². The lowest BCUT2D eigenvalue weighted by Crippen LogP contribution is -2.13. The Kier molecular flexibility index (Phi) is 3.62. The predicted molar refractivity (Wildman–Crippen MR) is 85.6 cm³/mol. The maximum Gasteiger partial charge on any atom is 0.258 e. The van der Waals surface area contributed by atoms with Gasteiger partial charge in [-0.1, -0.05) is 30.3 Å². The largest absolute Gasteiger partial charge is 0.322 e. The van der Waals surface area contributed by atoms with Gasteiger partial charge in [0, 0.05) is 10.6 Å². The lowest BCUT2D eigenvalue weighted by molar-refractivity contribution is 0.102. The van der Waals surface area contributed by atoms with Crippen molar-refractivity contribution in [3.05, 3.63) is 72.0 Å². The maximum absolute atomic E-state index is 13.7. The summed E-state index contributed by atoms with van der Waals surface area (Å²) in [5.74, 6) is -1.05. The molecule has 0 heterocycles. The van der Waals surface area contributed by atoms with E-state index in [9.17, 15) is 9.18 Å². The van der Waals surface area contributed by atoms with E-state index in [1.165, 1.54) is 18.2 Å². The average molecular weight is 297 g/mol. The summed E-state index contributed by atoms with van der Waals surface area (Å²) in [6.07, 6.45) is 0. The molecule has 0 saturated heterocycles. The molecule has 3 rings (SSSR count). The van der Waals surface area contributed by atoms with Gasteiger partial charge in [0.2, 0.25) is 0 Å². The van der Waals surface area contributed by atoms with Crippen molar-refractivity contribution in [2.75, 3.05) is 5.32 Å². The number of benzene rings is 3. The topological polar surface area (TPSA) is 29.1 Å². The van der Waals surface area contributed by atoms with Crippen molar-refractivity contribution in [3.63, 3.8) is 0 Å². The van der Waals surface area contributed by atoms with E-state index in [1.54, 1.807) is 6.07 Å². The van der Waals surface area contributed by atoms with Gasteiger partial charge in [0.05, 0.1) is 5.56 Å². The Morgan fingerprint density at radius 1 is 0.952 bits per heavy atom. The lowest BCUT2D eigenvalue weighted by Gasteiger charge is -2.08. The number of anilines is 1. The fourth-order valence-electron chi connectivity index (χ4n) is 2.15. The first kappa shape index (κ1) is 13.6. The van der Waals surface area contributed by atoms with E-state index in [4.69, 9.17) is 0 Å². The van der Waals surface area contributed by atoms with Crippen molar-refractivity contribution < 1.29 is 9.18 Å². The van der Waals surface area contributed by atoms with Crippen LogP contribution < -0.4 is 5.32 Å². The predicted octanol–water partition coefficient (Wildman–Crippen LogP) is 4.52. The fourth-order valence-corrected chi connectivity index (χ4v) is 2.36. The standard InChI is InChI=1S/C17H12FNOS/c18-16-8-7-14(21)10-15(16)17(20)19-13-6-5-11-3-1-2-4-12(11)9-13/h1-10,21H,(H,19,20). The molecule has 1 amide bonds. The normalized spacial score (nSPS) is 10.6. The Labute approximate surface area is 127 Å². The third-order valence-corrected chi connectivity index (χ3v) is 3.48. The number of amides is 1. The monoisotopic (exact) mass is 297 g/mol. The first-order valence-corrected chi connectivity index (χ1v) is 6.87. The molecule has 0 fully saturated rings. The van der Waals surface area contributed by atoms with E-state index in [0.29, 0.717) is 10.6 Å². The van der Waals surface area contributed by atoms with Crippen LogP contribution in [-0.4, -0.2) is 5.91 Å². The van der Waals surface area contributed by atoms with Crippen LogP contribution in [0.25, 0.3) is 10.8 Å². The minimum atomic E-state index is -0.564. The third-order valence-electron chi connectivity index (χ3n) is 3.20. The molecule has 0 aromatic heterocycles. The van der Waals surface area contributed by atoms with Gasteiger partial charge < -0.3 is 5.32 Å². The summed E-state index contributed by atoms with van der Waals surface area (Å²) < 4.78 is 13.7. The summed E-state index contributed by atoms with van der Waals surface area (Å²) in [6.45, 7) is 0. The molecule has 21 heavy (non-hydrogen) atoms. The molecule has 104 valence electrons. The Bertz CT molecular complexity index is 832. The van der Waals surface area contributed by atoms with Crippen molar-refractivity contribution in [2.24, 2.45) is 0 Å². The highest BCUT2D eigenvalue weighted by atomic mass is 32.1. The first-order chi connectivity index (χ1) is 10.1. The van der Waals surface area contributed by atoms with Crippen LogP contribution in [0.3, 0.4) is 0 Å². The van der Waals surface area contributed by atoms with Gasteiger partial charge in [-0.25, -0.2) is 4.39 Å². The van der Waals surface area contributed by atoms with Gasteiger partial charge >= 0.3 is 0 Å². The highest BCUT2D eigenvalue weighted by Crippen LogP contribution is 2.20. The molecule has 0 bridgehead atoms. The molecule has 0 aliphatic carbocycles. The van der Waals surface area contributed by atoms with Crippen LogP contribution in [0.15, 0.2) is 65.6 Å². The molecule has 0 unspecified atom stereocenters. The van der Waals surface area contributed by atoms with E-state index >= 15 is 0 Å². The minimum absolute atomic E-state index is 0.0179. The smallest absolute Gasteiger partial charge is 0.258 e. The summed E-state index contributed by atoms with van der Waals surface area (Å²) in [5, 5.41) is 4.80. The van der Waals surface area contributed by atoms with Crippen molar-refractivity contribution in [3.8, 4) is 0 Å². The second kappa shape index (κ2) is 5.58. The Hall–Kier alpha value is -2.33. The second-order valence-corrected chi connectivity index (χ2v) is 5.20. The van der Waals surface area contributed by atoms with Crippen molar-refractivity contribution >= 4 is 35.0 Å². The zero-order chi connectivity index (χ0) is 14.8. The molecule has 0 aliphatic rings. The zero-order valence-corrected chi connectivity index (χ0v) is 11.9. The van der Waals surface area contributed by atoms with E-state index in [2.05, 4.69) is 17.9 Å². The first-order valence-electron chi connectivity index (χ1n) is 6.42. The number of thiol groups is 1. The van der Waals surface area contributed by atoms with E-state index in [0.717, 1.165) is 10.8 Å². The summed E-state index contributed by atoms with van der Waals surface area (Å²) in [5.41, 5.74) is 0.610. The molecular weight excluding hydrogens is 285 g/mol. The van der Waals surface area contributed by atoms with Crippen LogP contribution in [-0.2, 0) is 0 Å². The maximum atomic E-state index is 13.7. The molecule has 0 aliphatic heterocycles. The Morgan fingerprint density at radius 3 is 2.52 bits per heavy atom. The molecule has 0 radical (unpaired) electrons. The van der Waals surface area contributed by atoms with Gasteiger partial charge in [-0.2, -0.15) is 0 Å². The minimum Gasteiger partial charge on any atom is -0.322 e. The third kappa shape index (κ3) is 2.90. The molecule has 0 spiro atoms. The highest BCUT2D eigenvalue weighted by molar-refractivity contribution is 7.80. The lowest BCUT2D eigenvalue weighted by atomic mass is 10.1. The van der Waals surface area contributed by atoms with Crippen LogP contribution >= 0.6 is 12.6 Å². The van der Waals surface area contributed by atoms with Crippen LogP contribution in [0, 0.1) is 5.82 Å². The van der Waals surface area contributed by atoms with Crippen LogP contribution in [0.5, 0.6) is 0 Å². The van der Waals surface area contributed by atoms with Gasteiger partial charge in [0.15, 0.2) is 0 Å². The number of carbonyl (C=O) groups excluding carboxylic acids is 1. The number of hydrogen-bond donors (Lipinski definition) is 2. The van der Waals surface area contributed by atoms with Crippen LogP contribution in [0.2, 0.25) is 0 Å². The summed E-state index contributed by atoms with van der Waals surface area (Å²) in [7, 11) is 0. The second-order valence-electron chi connectivity index (χ2n) is 4.68. The number of halogens is 1. The van der Waals surface area contributed by atoms with Crippen LogP contribution in [0.1, 0.15) is 10.4 Å². The number of nitrogens with one attached hydrogen (secondary N) is 1. The highest BCUT2D eigenvalue weighted by Gasteiger charge is 2.12. The molecule has 0 atom stereocenters. The molecule has 3 aromatic carbocycles. The fraction of sp³-hybridized carbons (Fsp3) is 0. The van der Waals surface area contributed by atoms with Crippen molar-refractivity contribution in [1.29, 1.82) is 0 Å². The summed E-state index contributed by atoms with van der Waals surface area (Å²) >= 11 is 4.12. The molecular formula is C17H12FNOS. The average Bonchev–Trinajstić information content (AvgIpc) is 2.49. The number of fused-ring (bicyclic) bond motifs is 1. The molecule has 1 N–H and O–H groups in total. The SMILES string of the molecule is O=C(Nc1ccc2ccccc2c1)c1cc(S)ccc1F. The Balaban J connectivity index is 1.90. The number of hydrogen-bond acceptors (Lipinski definition) is 2. The van der Waals surface area contributed by atoms with E-state index < -0.39 is 11.7 Å². The molecule has 3 aromatic rings. The molecule has 4 heteroatoms. The van der Waals surface area contributed by atoms with Crippen molar-refractivity contribution in [2.45, 2.75) is 4.90 Å². The van der Waals surface area contributed by atoms with E-state index in [1.807, 2.05) is 36.4 Å². The van der Waals surface area contributed by atoms with Gasteiger partial charge in [0.25, 0.3) is 5.91 Å². The molecule has 0 saturated carbocycles. The summed E-state index contributed by atoms with van der Waals surface area (Å²) in [4.78, 5) is 12.7. The van der Waals surface area contributed by atoms with Crippen LogP contribution in [0.4, 0.5) is 10.1 Å². The van der Waals surface area contributed by atoms with Gasteiger partial charge in [-0.3, -0.25) is 4.79 Å². The van der Waals surface area contributed by atoms with Gasteiger partial charge in [0.1, 0.15) is 5.82 Å². The summed E-state index contributed by atoms with van der Waals surface area (Å²) in [6, 6.07) is 17.5. The molecule has 2 nitrogen and oxygen atoms in total. The Morgan fingerprint density at radius 2 is 1.71 bits per heavy atom. The van der Waals surface area contributed by atoms with Crippen molar-refractivity contribution in [1.82, 2.24) is 0 Å². The van der Waals surface area contributed by atoms with Gasteiger partial charge in [-0.05, 0) is 41.1 Å². The number of carbonyl (C=O) groups is 1.